The van der Waals surface area contributed by atoms with E-state index >= 15 is 0 Å². The van der Waals surface area contributed by atoms with Crippen molar-refractivity contribution in [3.05, 3.63) is 70.6 Å². The van der Waals surface area contributed by atoms with Gasteiger partial charge in [-0.15, -0.1) is 0 Å². The molecule has 0 radical (unpaired) electrons. The number of nitrogens with zero attached hydrogens (tertiary/aromatic N) is 1. The van der Waals surface area contributed by atoms with Crippen LogP contribution < -0.4 is 5.32 Å². The highest BCUT2D eigenvalue weighted by molar-refractivity contribution is 6.31. The molecule has 0 aliphatic rings. The molecule has 0 aliphatic heterocycles. The number of halogens is 2. The van der Waals surface area contributed by atoms with Gasteiger partial charge in [-0.25, -0.2) is 4.39 Å². The zero-order valence-corrected chi connectivity index (χ0v) is 15.2. The summed E-state index contributed by atoms with van der Waals surface area (Å²) in [6.07, 6.45) is 2.10. The number of para-hydroxylation sites is 1. The Labute approximate surface area is 157 Å². The van der Waals surface area contributed by atoms with Gasteiger partial charge in [0, 0.05) is 41.8 Å². The number of aliphatic hydroxyl groups is 1. The van der Waals surface area contributed by atoms with Crippen LogP contribution in [0.5, 0.6) is 0 Å². The number of ether oxygens (including phenoxy) is 1. The lowest BCUT2D eigenvalue weighted by molar-refractivity contribution is 0.0938. The van der Waals surface area contributed by atoms with Crippen molar-refractivity contribution in [2.24, 2.45) is 0 Å². The molecule has 0 unspecified atom stereocenters. The van der Waals surface area contributed by atoms with Crippen LogP contribution in [0.3, 0.4) is 0 Å². The number of benzene rings is 2. The van der Waals surface area contributed by atoms with Gasteiger partial charge in [0.1, 0.15) is 5.82 Å². The van der Waals surface area contributed by atoms with E-state index in [9.17, 15) is 4.39 Å². The molecular weight excluding hydrogens is 355 g/mol. The first-order chi connectivity index (χ1) is 12.7. The molecule has 0 bridgehead atoms. The van der Waals surface area contributed by atoms with Gasteiger partial charge in [0.15, 0.2) is 0 Å². The fourth-order valence-electron chi connectivity index (χ4n) is 2.96. The number of hydrogen-bond acceptors (Lipinski definition) is 3. The molecule has 138 valence electrons. The van der Waals surface area contributed by atoms with Crippen LogP contribution in [0.1, 0.15) is 11.1 Å². The fourth-order valence-corrected chi connectivity index (χ4v) is 3.19. The average molecular weight is 377 g/mol. The highest BCUT2D eigenvalue weighted by atomic mass is 35.5. The predicted molar refractivity (Wildman–Crippen MR) is 102 cm³/mol. The van der Waals surface area contributed by atoms with Gasteiger partial charge in [0.25, 0.3) is 0 Å². The van der Waals surface area contributed by atoms with E-state index in [0.717, 1.165) is 11.1 Å². The van der Waals surface area contributed by atoms with Gasteiger partial charge in [-0.1, -0.05) is 35.9 Å². The summed E-state index contributed by atoms with van der Waals surface area (Å²) in [5.74, 6) is -0.329. The first kappa shape index (κ1) is 18.9. The van der Waals surface area contributed by atoms with E-state index in [1.165, 1.54) is 23.1 Å². The maximum atomic E-state index is 13.3. The van der Waals surface area contributed by atoms with E-state index in [-0.39, 0.29) is 12.4 Å². The second-order valence-electron chi connectivity index (χ2n) is 6.05. The van der Waals surface area contributed by atoms with Crippen LogP contribution in [0.15, 0.2) is 48.7 Å². The van der Waals surface area contributed by atoms with Gasteiger partial charge >= 0.3 is 0 Å². The Bertz CT molecular complexity index is 866. The highest BCUT2D eigenvalue weighted by Gasteiger charge is 2.10. The number of aliphatic hydroxyl groups excluding tert-OH is 1. The molecule has 4 nitrogen and oxygen atoms in total. The van der Waals surface area contributed by atoms with E-state index in [1.54, 1.807) is 6.07 Å². The van der Waals surface area contributed by atoms with Crippen LogP contribution in [0.2, 0.25) is 5.02 Å². The molecule has 3 rings (SSSR count). The van der Waals surface area contributed by atoms with Gasteiger partial charge in [0.2, 0.25) is 0 Å². The molecule has 0 spiro atoms. The smallest absolute Gasteiger partial charge is 0.124 e. The number of fused-ring (bicyclic) bond motifs is 1. The highest BCUT2D eigenvalue weighted by Crippen LogP contribution is 2.25. The molecule has 0 saturated carbocycles. The first-order valence-corrected chi connectivity index (χ1v) is 8.97. The lowest BCUT2D eigenvalue weighted by Gasteiger charge is -2.07. The maximum absolute atomic E-state index is 13.3. The Balaban J connectivity index is 1.74. The van der Waals surface area contributed by atoms with Crippen LogP contribution in [0.25, 0.3) is 10.9 Å². The summed E-state index contributed by atoms with van der Waals surface area (Å²) < 4.78 is 20.7. The third kappa shape index (κ3) is 4.62. The van der Waals surface area contributed by atoms with E-state index in [4.69, 9.17) is 21.4 Å². The van der Waals surface area contributed by atoms with Gasteiger partial charge in [0.05, 0.1) is 19.8 Å². The molecule has 1 heterocycles. The zero-order valence-electron chi connectivity index (χ0n) is 14.4. The van der Waals surface area contributed by atoms with Crippen molar-refractivity contribution in [2.75, 3.05) is 26.4 Å². The molecule has 1 aromatic heterocycles. The maximum Gasteiger partial charge on any atom is 0.124 e. The molecule has 2 N–H and O–H groups in total. The number of hydrogen-bond donors (Lipinski definition) is 2. The third-order valence-corrected chi connectivity index (χ3v) is 4.55. The van der Waals surface area contributed by atoms with Crippen LogP contribution in [-0.2, 0) is 17.8 Å². The number of nitrogens with one attached hydrogen (secondary N) is 1. The van der Waals surface area contributed by atoms with Crippen LogP contribution >= 0.6 is 11.6 Å². The summed E-state index contributed by atoms with van der Waals surface area (Å²) in [7, 11) is 0. The average Bonchev–Trinajstić information content (AvgIpc) is 2.98. The SMILES string of the molecule is OCCOCCNCc1cn(Cc2ccc(F)cc2Cl)c2ccccc12. The molecule has 26 heavy (non-hydrogen) atoms. The lowest BCUT2D eigenvalue weighted by Crippen LogP contribution is -2.19. The van der Waals surface area contributed by atoms with E-state index < -0.39 is 0 Å². The van der Waals surface area contributed by atoms with Crippen LogP contribution in [0.4, 0.5) is 4.39 Å². The minimum Gasteiger partial charge on any atom is -0.394 e. The fraction of sp³-hybridized carbons (Fsp3) is 0.300. The normalized spacial score (nSPS) is 11.3. The van der Waals surface area contributed by atoms with Crippen molar-refractivity contribution in [1.29, 1.82) is 0 Å². The Morgan fingerprint density at radius 3 is 2.77 bits per heavy atom. The molecule has 0 amide bonds. The summed E-state index contributed by atoms with van der Waals surface area (Å²) in [5, 5.41) is 13.7. The Hall–Kier alpha value is -1.92. The molecular formula is C20H22ClFN2O2. The topological polar surface area (TPSA) is 46.4 Å². The summed E-state index contributed by atoms with van der Waals surface area (Å²) in [6, 6.07) is 12.7. The molecule has 2 aromatic carbocycles. The molecule has 0 fully saturated rings. The van der Waals surface area contributed by atoms with E-state index in [2.05, 4.69) is 28.2 Å². The first-order valence-electron chi connectivity index (χ1n) is 8.59. The van der Waals surface area contributed by atoms with Crippen LogP contribution in [-0.4, -0.2) is 36.0 Å². The largest absolute Gasteiger partial charge is 0.394 e. The predicted octanol–water partition coefficient (Wildman–Crippen LogP) is 3.58. The quantitative estimate of drug-likeness (QED) is 0.561. The standard InChI is InChI=1S/C20H22ClFN2O2/c21-19-11-17(22)6-5-15(19)13-24-14-16(12-23-7-9-26-10-8-25)18-3-1-2-4-20(18)24/h1-6,11,14,23,25H,7-10,12-13H2. The molecule has 0 aliphatic carbocycles. The van der Waals surface area contributed by atoms with E-state index in [0.29, 0.717) is 37.9 Å². The Morgan fingerprint density at radius 2 is 1.96 bits per heavy atom. The molecule has 3 aromatic rings. The number of aromatic nitrogens is 1. The van der Waals surface area contributed by atoms with Crippen LogP contribution in [0, 0.1) is 5.82 Å². The van der Waals surface area contributed by atoms with Crippen molar-refractivity contribution in [3.63, 3.8) is 0 Å². The summed E-state index contributed by atoms with van der Waals surface area (Å²) in [4.78, 5) is 0. The Morgan fingerprint density at radius 1 is 1.12 bits per heavy atom. The monoisotopic (exact) mass is 376 g/mol. The summed E-state index contributed by atoms with van der Waals surface area (Å²) in [5.41, 5.74) is 3.17. The summed E-state index contributed by atoms with van der Waals surface area (Å²) >= 11 is 6.18. The van der Waals surface area contributed by atoms with Gasteiger partial charge in [-0.05, 0) is 29.3 Å². The lowest BCUT2D eigenvalue weighted by atomic mass is 10.2. The second kappa shape index (κ2) is 9.14. The van der Waals surface area contributed by atoms with E-state index in [1.807, 2.05) is 12.1 Å². The zero-order chi connectivity index (χ0) is 18.4. The van der Waals surface area contributed by atoms with Crippen molar-refractivity contribution in [1.82, 2.24) is 9.88 Å². The van der Waals surface area contributed by atoms with Crippen molar-refractivity contribution < 1.29 is 14.2 Å². The summed E-state index contributed by atoms with van der Waals surface area (Å²) in [6.45, 7) is 2.97. The van der Waals surface area contributed by atoms with Gasteiger partial charge < -0.3 is 19.7 Å². The van der Waals surface area contributed by atoms with Crippen molar-refractivity contribution in [2.45, 2.75) is 13.1 Å². The van der Waals surface area contributed by atoms with Gasteiger partial charge in [-0.3, -0.25) is 0 Å². The molecule has 0 saturated heterocycles. The Kier molecular flexibility index (Phi) is 6.63. The van der Waals surface area contributed by atoms with Crippen molar-refractivity contribution >= 4 is 22.5 Å². The minimum atomic E-state index is -0.329. The molecule has 6 heteroatoms. The van der Waals surface area contributed by atoms with Crippen molar-refractivity contribution in [3.8, 4) is 0 Å². The number of rotatable bonds is 9. The third-order valence-electron chi connectivity index (χ3n) is 4.20. The minimum absolute atomic E-state index is 0.0411. The second-order valence-corrected chi connectivity index (χ2v) is 6.46. The molecule has 0 atom stereocenters. The van der Waals surface area contributed by atoms with Gasteiger partial charge in [-0.2, -0.15) is 0 Å².